The maximum Gasteiger partial charge on any atom is 0.281 e. The zero-order valence-corrected chi connectivity index (χ0v) is 5.46. The van der Waals surface area contributed by atoms with E-state index in [2.05, 4.69) is 10.5 Å². The van der Waals surface area contributed by atoms with Gasteiger partial charge in [-0.15, -0.1) is 0 Å². The number of nitrogens with two attached hydrogens (primary N) is 1. The molecule has 6 heteroatoms. The molecule has 0 aliphatic carbocycles. The topological polar surface area (TPSA) is 79.0 Å². The second-order valence-corrected chi connectivity index (χ2v) is 0.995. The second kappa shape index (κ2) is 5.90. The first kappa shape index (κ1) is 6.90. The molecule has 0 aromatic carbocycles. The Morgan fingerprint density at radius 2 is 2.71 bits per heavy atom. The molecule has 0 rings (SSSR count). The van der Waals surface area contributed by atoms with Crippen molar-refractivity contribution in [1.29, 1.82) is 5.40 Å². The molecule has 0 saturated heterocycles. The van der Waals surface area contributed by atoms with E-state index in [0.717, 1.165) is 0 Å². The Hall–Kier alpha value is -0.0975. The summed E-state index contributed by atoms with van der Waals surface area (Å²) in [6.07, 6.45) is 0. The van der Waals surface area contributed by atoms with Gasteiger partial charge in [0.05, 0.1) is 0 Å². The summed E-state index contributed by atoms with van der Waals surface area (Å²) >= 11 is 0. The molecule has 0 aromatic rings. The van der Waals surface area contributed by atoms with Crippen molar-refractivity contribution < 1.29 is 23.3 Å². The van der Waals surface area contributed by atoms with E-state index in [1.54, 1.807) is 0 Å². The first-order valence-electron chi connectivity index (χ1n) is 1.62. The molecule has 0 saturated carbocycles. The van der Waals surface area contributed by atoms with Crippen LogP contribution in [0.2, 0.25) is 1.41 Å². The van der Waals surface area contributed by atoms with Gasteiger partial charge in [0.25, 0.3) is 8.61 Å². The molecule has 0 amide bonds. The molecule has 0 radical (unpaired) electrons. The Bertz CT molecular complexity index is 97.3. The molecule has 40 valence electrons. The van der Waals surface area contributed by atoms with Crippen molar-refractivity contribution in [3.8, 4) is 0 Å². The van der Waals surface area contributed by atoms with E-state index in [0.29, 0.717) is 0 Å². The van der Waals surface area contributed by atoms with Crippen molar-refractivity contribution >= 4 is 14.6 Å². The first-order chi connectivity index (χ1) is 3.31. The maximum absolute atomic E-state index is 9.52. The van der Waals surface area contributed by atoms with Crippen LogP contribution in [-0.2, 0) is 21.9 Å². The second-order valence-electron chi connectivity index (χ2n) is 0.588. The van der Waals surface area contributed by atoms with Gasteiger partial charge in [0, 0.05) is 17.4 Å². The number of hydrogen-bond donors (Lipinski definition) is 3. The molecule has 4 nitrogen and oxygen atoms in total. The van der Waals surface area contributed by atoms with Crippen molar-refractivity contribution in [2.75, 3.05) is 0 Å². The Labute approximate surface area is 54.8 Å². The number of rotatable bonds is 1. The Morgan fingerprint density at radius 1 is 2.14 bits per heavy atom. The standard InChI is InChI=1S/CH4N3OP.Cr/c2-1(3)4-6-5;/h(H4,2,3,4,5);. The van der Waals surface area contributed by atoms with Crippen LogP contribution in [0.15, 0.2) is 0 Å². The van der Waals surface area contributed by atoms with Crippen LogP contribution in [-0.4, -0.2) is 5.96 Å². The summed E-state index contributed by atoms with van der Waals surface area (Å²) in [5.74, 6) is -0.156. The molecule has 0 spiro atoms. The van der Waals surface area contributed by atoms with E-state index >= 15 is 0 Å². The quantitative estimate of drug-likeness (QED) is 0.277. The van der Waals surface area contributed by atoms with Gasteiger partial charge in [0.2, 0.25) is 0 Å². The van der Waals surface area contributed by atoms with Crippen LogP contribution < -0.4 is 10.8 Å². The Balaban J connectivity index is 0. The van der Waals surface area contributed by atoms with Crippen LogP contribution in [0, 0.1) is 5.40 Å². The molecule has 0 aliphatic heterocycles. The van der Waals surface area contributed by atoms with Gasteiger partial charge in [-0.3, -0.25) is 10.5 Å². The summed E-state index contributed by atoms with van der Waals surface area (Å²) in [6, 6.07) is 0. The number of hydrogen-bond acceptors (Lipinski definition) is 2. The summed E-state index contributed by atoms with van der Waals surface area (Å²) in [5.41, 5.74) is 4.83. The SMILES string of the molecule is [Cr].[H]/N=C(\N)NP=O. The van der Waals surface area contributed by atoms with Gasteiger partial charge < -0.3 is 5.73 Å². The van der Waals surface area contributed by atoms with E-state index in [-0.39, 0.29) is 31.9 Å². The van der Waals surface area contributed by atoms with E-state index in [4.69, 9.17) is 7.15 Å². The first-order valence-corrected chi connectivity index (χ1v) is 1.98. The molecule has 0 fully saturated rings. The average molecular weight is 157 g/mol. The van der Waals surface area contributed by atoms with Crippen molar-refractivity contribution in [2.45, 2.75) is 0 Å². The molecule has 4 N–H and O–H groups in total. The molecule has 0 atom stereocenters. The van der Waals surface area contributed by atoms with Crippen molar-refractivity contribution in [3.05, 3.63) is 0 Å². The van der Waals surface area contributed by atoms with Crippen molar-refractivity contribution in [3.63, 3.8) is 0 Å². The van der Waals surface area contributed by atoms with Gasteiger partial charge in [0.15, 0.2) is 7.37 Å². The summed E-state index contributed by atoms with van der Waals surface area (Å²) < 4.78 is 15.7. The van der Waals surface area contributed by atoms with Crippen LogP contribution in [0.4, 0.5) is 0 Å². The third-order valence-electron chi connectivity index (χ3n) is 0.160. The maximum atomic E-state index is 9.52. The van der Waals surface area contributed by atoms with E-state index in [1.807, 2.05) is 0 Å². The Kier molecular flexibility index (Phi) is 5.82. The average Bonchev–Trinajstić information content (AvgIpc) is 1.68. The molecule has 0 aromatic heterocycles. The molecule has 0 bridgehead atoms. The fourth-order valence-electron chi connectivity index (χ4n) is 0.0468. The summed E-state index contributed by atoms with van der Waals surface area (Å²) in [4.78, 5) is 0. The van der Waals surface area contributed by atoms with E-state index < -0.39 is 0 Å². The summed E-state index contributed by atoms with van der Waals surface area (Å²) in [6.45, 7) is 0. The largest absolute Gasteiger partial charge is 0.370 e. The number of nitrogens with one attached hydrogen (secondary N) is 2. The monoisotopic (exact) mass is 157 g/mol. The molecule has 0 heterocycles. The van der Waals surface area contributed by atoms with Crippen LogP contribution in [0.5, 0.6) is 0 Å². The van der Waals surface area contributed by atoms with Gasteiger partial charge in [0.1, 0.15) is 0 Å². The molecule has 7 heavy (non-hydrogen) atoms. The zero-order chi connectivity index (χ0) is 5.70. The predicted molar refractivity (Wildman–Crippen MR) is 22.7 cm³/mol. The fraction of sp³-hybridized carbons (Fsp3) is 0. The fourth-order valence-corrected chi connectivity index (χ4v) is 0.140. The van der Waals surface area contributed by atoms with Gasteiger partial charge in [-0.25, -0.2) is 4.57 Å². The Morgan fingerprint density at radius 3 is 2.86 bits per heavy atom. The molecule has 0 unspecified atom stereocenters. The minimum Gasteiger partial charge on any atom is -0.370 e. The van der Waals surface area contributed by atoms with Crippen LogP contribution in [0.25, 0.3) is 0 Å². The van der Waals surface area contributed by atoms with E-state index in [1.165, 1.54) is 0 Å². The summed E-state index contributed by atoms with van der Waals surface area (Å²) in [5, 5.41) is 4.76. The van der Waals surface area contributed by atoms with Gasteiger partial charge >= 0.3 is 0 Å². The van der Waals surface area contributed by atoms with Gasteiger partial charge in [-0.05, 0) is 0 Å². The minimum atomic E-state index is -0.336. The normalized spacial score (nSPS) is 12.0. The number of guanidine groups is 1. The van der Waals surface area contributed by atoms with Gasteiger partial charge in [-0.2, -0.15) is 0 Å². The van der Waals surface area contributed by atoms with Crippen LogP contribution in [0.3, 0.4) is 0 Å². The van der Waals surface area contributed by atoms with Crippen LogP contribution in [0.1, 0.15) is 0 Å². The molecule has 0 aliphatic rings. The predicted octanol–water partition coefficient (Wildman–Crippen LogP) is -0.326. The van der Waals surface area contributed by atoms with Gasteiger partial charge in [-0.1, -0.05) is 0 Å². The third kappa shape index (κ3) is 10.7. The zero-order valence-electron chi connectivity index (χ0n) is 4.29. The smallest absolute Gasteiger partial charge is 0.281 e. The molecular formula is CH4CrN3OP. The van der Waals surface area contributed by atoms with Crippen molar-refractivity contribution in [2.24, 2.45) is 5.73 Å². The molecular weight excluding hydrogens is 153 g/mol. The third-order valence-corrected chi connectivity index (χ3v) is 0.481. The van der Waals surface area contributed by atoms with Crippen molar-refractivity contribution in [1.82, 2.24) is 5.09 Å². The van der Waals surface area contributed by atoms with E-state index in [9.17, 15) is 4.57 Å². The summed E-state index contributed by atoms with van der Waals surface area (Å²) in [7, 11) is -0.336. The minimum absolute atomic E-state index is 0. The van der Waals surface area contributed by atoms with Crippen LogP contribution >= 0.6 is 8.61 Å².